The van der Waals surface area contributed by atoms with Crippen LogP contribution in [-0.4, -0.2) is 22.1 Å². The number of hydrogen-bond donors (Lipinski definition) is 2. The molecule has 0 spiro atoms. The first kappa shape index (κ1) is 16.4. The summed E-state index contributed by atoms with van der Waals surface area (Å²) >= 11 is 0. The number of benzene rings is 2. The number of hydrogen-bond acceptors (Lipinski definition) is 2. The SMILES string of the molecule is O=C(NCCc1ccccc1)Nc1ccc(-c2cnc3n2CCC3)cc1. The van der Waals surface area contributed by atoms with Crippen molar-refractivity contribution in [2.24, 2.45) is 0 Å². The van der Waals surface area contributed by atoms with Gasteiger partial charge < -0.3 is 15.2 Å². The zero-order chi connectivity index (χ0) is 17.8. The van der Waals surface area contributed by atoms with E-state index in [1.54, 1.807) is 0 Å². The summed E-state index contributed by atoms with van der Waals surface area (Å²) in [6, 6.07) is 17.9. The Morgan fingerprint density at radius 3 is 2.69 bits per heavy atom. The predicted octanol–water partition coefficient (Wildman–Crippen LogP) is 3.86. The van der Waals surface area contributed by atoms with Gasteiger partial charge in [-0.1, -0.05) is 42.5 Å². The molecule has 5 heteroatoms. The van der Waals surface area contributed by atoms with Crippen LogP contribution in [0.3, 0.4) is 0 Å². The topological polar surface area (TPSA) is 59.0 Å². The fraction of sp³-hybridized carbons (Fsp3) is 0.238. The number of carbonyl (C=O) groups excluding carboxylic acids is 1. The van der Waals surface area contributed by atoms with Crippen LogP contribution in [0.4, 0.5) is 10.5 Å². The molecule has 2 heterocycles. The highest BCUT2D eigenvalue weighted by Gasteiger charge is 2.16. The van der Waals surface area contributed by atoms with Crippen LogP contribution in [0.25, 0.3) is 11.3 Å². The van der Waals surface area contributed by atoms with Crippen molar-refractivity contribution in [3.05, 3.63) is 72.2 Å². The van der Waals surface area contributed by atoms with Gasteiger partial charge in [0.2, 0.25) is 0 Å². The van der Waals surface area contributed by atoms with Crippen molar-refractivity contribution >= 4 is 11.7 Å². The van der Waals surface area contributed by atoms with Gasteiger partial charge in [-0.25, -0.2) is 9.78 Å². The van der Waals surface area contributed by atoms with E-state index >= 15 is 0 Å². The van der Waals surface area contributed by atoms with E-state index in [4.69, 9.17) is 0 Å². The Balaban J connectivity index is 1.31. The molecule has 132 valence electrons. The average molecular weight is 346 g/mol. The van der Waals surface area contributed by atoms with E-state index in [1.165, 1.54) is 17.8 Å². The monoisotopic (exact) mass is 346 g/mol. The van der Waals surface area contributed by atoms with Gasteiger partial charge in [0, 0.05) is 25.2 Å². The lowest BCUT2D eigenvalue weighted by Crippen LogP contribution is -2.30. The number of nitrogens with one attached hydrogen (secondary N) is 2. The molecule has 1 aliphatic rings. The second-order valence-corrected chi connectivity index (χ2v) is 6.51. The Bertz CT molecular complexity index is 884. The van der Waals surface area contributed by atoms with Crippen LogP contribution >= 0.6 is 0 Å². The van der Waals surface area contributed by atoms with Gasteiger partial charge in [-0.15, -0.1) is 0 Å². The molecule has 26 heavy (non-hydrogen) atoms. The van der Waals surface area contributed by atoms with Gasteiger partial charge in [0.05, 0.1) is 11.9 Å². The van der Waals surface area contributed by atoms with Crippen molar-refractivity contribution in [2.45, 2.75) is 25.8 Å². The van der Waals surface area contributed by atoms with Gasteiger partial charge >= 0.3 is 6.03 Å². The molecule has 3 aromatic rings. The van der Waals surface area contributed by atoms with E-state index in [9.17, 15) is 4.79 Å². The molecule has 2 amide bonds. The highest BCUT2D eigenvalue weighted by molar-refractivity contribution is 5.89. The van der Waals surface area contributed by atoms with Crippen LogP contribution in [0.15, 0.2) is 60.8 Å². The standard InChI is InChI=1S/C21H22N4O/c26-21(22-13-12-16-5-2-1-3-6-16)24-18-10-8-17(9-11-18)19-15-23-20-7-4-14-25(19)20/h1-3,5-6,8-11,15H,4,7,12-14H2,(H2,22,24,26). The third-order valence-corrected chi connectivity index (χ3v) is 4.70. The summed E-state index contributed by atoms with van der Waals surface area (Å²) in [6.45, 7) is 1.64. The van der Waals surface area contributed by atoms with Crippen LogP contribution in [0.5, 0.6) is 0 Å². The summed E-state index contributed by atoms with van der Waals surface area (Å²) in [7, 11) is 0. The molecule has 0 atom stereocenters. The van der Waals surface area contributed by atoms with Gasteiger partial charge in [-0.3, -0.25) is 0 Å². The number of fused-ring (bicyclic) bond motifs is 1. The van der Waals surface area contributed by atoms with Gasteiger partial charge in [0.1, 0.15) is 5.82 Å². The maximum Gasteiger partial charge on any atom is 0.319 e. The van der Waals surface area contributed by atoms with E-state index in [1.807, 2.05) is 48.7 Å². The molecule has 0 saturated heterocycles. The Morgan fingerprint density at radius 1 is 1.08 bits per heavy atom. The van der Waals surface area contributed by atoms with Crippen molar-refractivity contribution in [1.29, 1.82) is 0 Å². The number of rotatable bonds is 5. The van der Waals surface area contributed by atoms with Crippen molar-refractivity contribution in [3.8, 4) is 11.3 Å². The molecular weight excluding hydrogens is 324 g/mol. The molecule has 0 radical (unpaired) electrons. The molecule has 2 N–H and O–H groups in total. The summed E-state index contributed by atoms with van der Waals surface area (Å²) in [6.07, 6.45) is 4.98. The number of imidazole rings is 1. The van der Waals surface area contributed by atoms with Crippen LogP contribution < -0.4 is 10.6 Å². The number of aryl methyl sites for hydroxylation is 1. The van der Waals surface area contributed by atoms with E-state index in [2.05, 4.69) is 32.3 Å². The van der Waals surface area contributed by atoms with Crippen LogP contribution in [0.2, 0.25) is 0 Å². The summed E-state index contributed by atoms with van der Waals surface area (Å²) in [4.78, 5) is 16.5. The number of nitrogens with zero attached hydrogens (tertiary/aromatic N) is 2. The molecule has 0 unspecified atom stereocenters. The van der Waals surface area contributed by atoms with Crippen molar-refractivity contribution < 1.29 is 4.79 Å². The van der Waals surface area contributed by atoms with Gasteiger partial charge in [0.25, 0.3) is 0 Å². The summed E-state index contributed by atoms with van der Waals surface area (Å²) in [5.41, 5.74) is 4.27. The van der Waals surface area contributed by atoms with E-state index in [-0.39, 0.29) is 6.03 Å². The number of urea groups is 1. The average Bonchev–Trinajstić information content (AvgIpc) is 3.27. The number of amides is 2. The van der Waals surface area contributed by atoms with E-state index < -0.39 is 0 Å². The first-order valence-electron chi connectivity index (χ1n) is 9.03. The van der Waals surface area contributed by atoms with Crippen molar-refractivity contribution in [3.63, 3.8) is 0 Å². The maximum atomic E-state index is 12.0. The molecule has 4 rings (SSSR count). The first-order valence-corrected chi connectivity index (χ1v) is 9.03. The lowest BCUT2D eigenvalue weighted by molar-refractivity contribution is 0.252. The Labute approximate surface area is 153 Å². The van der Waals surface area contributed by atoms with Crippen LogP contribution in [0, 0.1) is 0 Å². The molecule has 0 bridgehead atoms. The smallest absolute Gasteiger partial charge is 0.319 e. The molecule has 2 aromatic carbocycles. The number of anilines is 1. The van der Waals surface area contributed by atoms with E-state index in [0.29, 0.717) is 6.54 Å². The number of aromatic nitrogens is 2. The Kier molecular flexibility index (Phi) is 4.69. The van der Waals surface area contributed by atoms with Crippen LogP contribution in [0.1, 0.15) is 17.8 Å². The molecule has 0 saturated carbocycles. The molecule has 5 nitrogen and oxygen atoms in total. The summed E-state index contributed by atoms with van der Waals surface area (Å²) in [5.74, 6) is 1.17. The van der Waals surface area contributed by atoms with Crippen molar-refractivity contribution in [2.75, 3.05) is 11.9 Å². The lowest BCUT2D eigenvalue weighted by Gasteiger charge is -2.09. The molecule has 0 aliphatic carbocycles. The minimum atomic E-state index is -0.182. The summed E-state index contributed by atoms with van der Waals surface area (Å²) < 4.78 is 2.28. The largest absolute Gasteiger partial charge is 0.338 e. The normalized spacial score (nSPS) is 12.6. The fourth-order valence-electron chi connectivity index (χ4n) is 3.35. The molecule has 1 aromatic heterocycles. The molecule has 0 fully saturated rings. The maximum absolute atomic E-state index is 12.0. The van der Waals surface area contributed by atoms with Crippen molar-refractivity contribution in [1.82, 2.24) is 14.9 Å². The second-order valence-electron chi connectivity index (χ2n) is 6.51. The highest BCUT2D eigenvalue weighted by atomic mass is 16.2. The van der Waals surface area contributed by atoms with E-state index in [0.717, 1.165) is 36.3 Å². The first-order chi connectivity index (χ1) is 12.8. The third kappa shape index (κ3) is 3.61. The molecule has 1 aliphatic heterocycles. The Hall–Kier alpha value is -3.08. The second kappa shape index (κ2) is 7.44. The minimum absolute atomic E-state index is 0.182. The summed E-state index contributed by atoms with van der Waals surface area (Å²) in [5, 5.41) is 5.77. The zero-order valence-electron chi connectivity index (χ0n) is 14.6. The lowest BCUT2D eigenvalue weighted by atomic mass is 10.1. The highest BCUT2D eigenvalue weighted by Crippen LogP contribution is 2.26. The zero-order valence-corrected chi connectivity index (χ0v) is 14.6. The van der Waals surface area contributed by atoms with Crippen LogP contribution in [-0.2, 0) is 19.4 Å². The molecular formula is C21H22N4O. The van der Waals surface area contributed by atoms with Gasteiger partial charge in [0.15, 0.2) is 0 Å². The minimum Gasteiger partial charge on any atom is -0.338 e. The fourth-order valence-corrected chi connectivity index (χ4v) is 3.35. The third-order valence-electron chi connectivity index (χ3n) is 4.70. The van der Waals surface area contributed by atoms with Gasteiger partial charge in [-0.2, -0.15) is 0 Å². The predicted molar refractivity (Wildman–Crippen MR) is 103 cm³/mol. The quantitative estimate of drug-likeness (QED) is 0.737. The number of carbonyl (C=O) groups is 1. The Morgan fingerprint density at radius 2 is 1.88 bits per heavy atom. The van der Waals surface area contributed by atoms with Gasteiger partial charge in [-0.05, 0) is 36.1 Å².